The van der Waals surface area contributed by atoms with Crippen molar-refractivity contribution in [1.29, 1.82) is 0 Å². The Morgan fingerprint density at radius 3 is 0.864 bits per heavy atom. The number of hydrogen-bond donors (Lipinski definition) is 0. The number of carbonyl (C=O) groups excluding carboxylic acids is 2. The Hall–Kier alpha value is 0.277. The second-order valence-corrected chi connectivity index (χ2v) is 27.7. The molecule has 0 aromatic heterocycles. The molecule has 0 amide bonds. The Kier molecular flexibility index (Phi) is 28.5. The van der Waals surface area contributed by atoms with E-state index in [2.05, 4.69) is 55.4 Å². The van der Waals surface area contributed by atoms with Gasteiger partial charge < -0.3 is 0 Å². The third-order valence-electron chi connectivity index (χ3n) is 10.3. The van der Waals surface area contributed by atoms with Crippen LogP contribution in [0.2, 0.25) is 17.7 Å². The molecule has 4 atom stereocenters. The van der Waals surface area contributed by atoms with Crippen LogP contribution in [-0.2, 0) is 15.7 Å². The summed E-state index contributed by atoms with van der Waals surface area (Å²) in [6.45, 7) is 21.8. The van der Waals surface area contributed by atoms with Crippen molar-refractivity contribution in [1.82, 2.24) is 0 Å². The third kappa shape index (κ3) is 19.8. The maximum atomic E-state index is 13.6. The Labute approximate surface area is 290 Å². The second-order valence-electron chi connectivity index (χ2n) is 13.9. The number of unbranched alkanes of at least 4 members (excludes halogenated alkanes) is 4. The van der Waals surface area contributed by atoms with Crippen LogP contribution in [0.1, 0.15) is 172 Å². The van der Waals surface area contributed by atoms with E-state index < -0.39 is 40.3 Å². The molecule has 0 fully saturated rings. The zero-order valence-electron chi connectivity index (χ0n) is 31.2. The van der Waals surface area contributed by atoms with Crippen molar-refractivity contribution in [2.75, 3.05) is 0 Å². The van der Waals surface area contributed by atoms with E-state index in [1.54, 1.807) is 13.8 Å². The SMILES string of the molecule is CCCCC(CC)[CH2][SnH]([CH2]C(CC)CCCC)[O]C(=O)/C(C)=C(/C)C(=O)[O][SnH]([CH2]C(CC)CCCC)[CH2]C(CC)CCCC. The standard InChI is InChI=1S/4C8H17.C6H8O4.2Sn.2H/c4*1-4-6-7-8(3)5-2;1-3(5(7)8)4(2)6(9)10;;;;/h4*8H,3-7H2,1-2H3;1-2H3,(H,7,8)(H,9,10);;;;/q;;;;;2*+1;;/p-2/b;;;;4-3-;;;;. The van der Waals surface area contributed by atoms with Gasteiger partial charge in [0.05, 0.1) is 0 Å². The molecule has 0 saturated carbocycles. The summed E-state index contributed by atoms with van der Waals surface area (Å²) >= 11 is -5.28. The van der Waals surface area contributed by atoms with Gasteiger partial charge in [0.1, 0.15) is 0 Å². The van der Waals surface area contributed by atoms with Gasteiger partial charge in [0.25, 0.3) is 0 Å². The van der Waals surface area contributed by atoms with Gasteiger partial charge in [-0.1, -0.05) is 0 Å². The molecule has 44 heavy (non-hydrogen) atoms. The quantitative estimate of drug-likeness (QED) is 0.0582. The van der Waals surface area contributed by atoms with Crippen LogP contribution >= 0.6 is 0 Å². The van der Waals surface area contributed by atoms with Crippen molar-refractivity contribution in [3.8, 4) is 0 Å². The van der Waals surface area contributed by atoms with E-state index in [4.69, 9.17) is 6.15 Å². The van der Waals surface area contributed by atoms with Crippen molar-refractivity contribution in [2.45, 2.75) is 190 Å². The van der Waals surface area contributed by atoms with Gasteiger partial charge in [0.2, 0.25) is 0 Å². The molecule has 4 nitrogen and oxygen atoms in total. The third-order valence-corrected chi connectivity index (χ3v) is 27.0. The molecular weight excluding hydrogens is 758 g/mol. The fraction of sp³-hybridized carbons (Fsp3) is 0.895. The molecule has 0 rings (SSSR count). The summed E-state index contributed by atoms with van der Waals surface area (Å²) in [5.74, 6) is 2.19. The Bertz CT molecular complexity index is 670. The molecule has 0 N–H and O–H groups in total. The molecule has 0 radical (unpaired) electrons. The van der Waals surface area contributed by atoms with E-state index in [0.29, 0.717) is 34.8 Å². The molecule has 6 heteroatoms. The van der Waals surface area contributed by atoms with Crippen molar-refractivity contribution in [3.05, 3.63) is 11.1 Å². The zero-order valence-corrected chi connectivity index (χ0v) is 37.8. The first-order valence-electron chi connectivity index (χ1n) is 19.2. The van der Waals surface area contributed by atoms with Crippen molar-refractivity contribution in [2.24, 2.45) is 23.7 Å². The summed E-state index contributed by atoms with van der Waals surface area (Å²) in [5.41, 5.74) is 0.974. The van der Waals surface area contributed by atoms with Crippen LogP contribution in [0.4, 0.5) is 0 Å². The average molecular weight is 834 g/mol. The van der Waals surface area contributed by atoms with E-state index in [1.807, 2.05) is 0 Å². The van der Waals surface area contributed by atoms with Gasteiger partial charge in [0.15, 0.2) is 0 Å². The van der Waals surface area contributed by atoms with Crippen LogP contribution in [0.15, 0.2) is 11.1 Å². The number of rotatable bonds is 28. The van der Waals surface area contributed by atoms with E-state index in [1.165, 1.54) is 103 Å². The number of hydrogen-bond acceptors (Lipinski definition) is 4. The first-order chi connectivity index (χ1) is 21.1. The first-order valence-corrected chi connectivity index (χ1v) is 31.2. The normalized spacial score (nSPS) is 16.4. The molecular formula is C38H76O4Sn2. The van der Waals surface area contributed by atoms with E-state index >= 15 is 0 Å². The van der Waals surface area contributed by atoms with Gasteiger partial charge in [-0.3, -0.25) is 0 Å². The Morgan fingerprint density at radius 2 is 0.682 bits per heavy atom. The fourth-order valence-electron chi connectivity index (χ4n) is 6.58. The monoisotopic (exact) mass is 836 g/mol. The van der Waals surface area contributed by atoms with Crippen LogP contribution in [0.3, 0.4) is 0 Å². The molecule has 0 aromatic carbocycles. The molecule has 0 heterocycles. The summed E-state index contributed by atoms with van der Waals surface area (Å²) in [6, 6.07) is 0. The van der Waals surface area contributed by atoms with Gasteiger partial charge in [-0.15, -0.1) is 0 Å². The van der Waals surface area contributed by atoms with Gasteiger partial charge in [0, 0.05) is 0 Å². The summed E-state index contributed by atoms with van der Waals surface area (Å²) in [7, 11) is 0. The van der Waals surface area contributed by atoms with Crippen LogP contribution in [0.5, 0.6) is 0 Å². The van der Waals surface area contributed by atoms with E-state index in [-0.39, 0.29) is 11.9 Å². The van der Waals surface area contributed by atoms with Crippen LogP contribution < -0.4 is 0 Å². The van der Waals surface area contributed by atoms with Gasteiger partial charge in [-0.25, -0.2) is 0 Å². The summed E-state index contributed by atoms with van der Waals surface area (Å²) in [6.07, 6.45) is 19.5. The second kappa shape index (κ2) is 28.3. The molecule has 0 saturated heterocycles. The molecule has 0 aliphatic carbocycles. The van der Waals surface area contributed by atoms with Crippen LogP contribution in [0, 0.1) is 23.7 Å². The van der Waals surface area contributed by atoms with E-state index in [0.717, 1.165) is 17.7 Å². The first kappa shape index (κ1) is 44.3. The fourth-order valence-corrected chi connectivity index (χ4v) is 26.5. The number of carbonyl (C=O) groups is 2. The van der Waals surface area contributed by atoms with Gasteiger partial charge in [-0.2, -0.15) is 0 Å². The van der Waals surface area contributed by atoms with Crippen molar-refractivity contribution in [3.63, 3.8) is 0 Å². The maximum absolute atomic E-state index is 13.6. The molecule has 0 bridgehead atoms. The molecule has 260 valence electrons. The average Bonchev–Trinajstić information content (AvgIpc) is 3.03. The van der Waals surface area contributed by atoms with Gasteiger partial charge in [-0.05, 0) is 0 Å². The molecule has 0 aliphatic rings. The van der Waals surface area contributed by atoms with Crippen molar-refractivity contribution >= 4 is 52.3 Å². The molecule has 0 spiro atoms. The summed E-state index contributed by atoms with van der Waals surface area (Å²) < 4.78 is 17.5. The van der Waals surface area contributed by atoms with E-state index in [9.17, 15) is 9.59 Å². The molecule has 0 aromatic rings. The topological polar surface area (TPSA) is 52.6 Å². The predicted molar refractivity (Wildman–Crippen MR) is 197 cm³/mol. The minimum absolute atomic E-state index is 0.230. The van der Waals surface area contributed by atoms with Crippen molar-refractivity contribution < 1.29 is 15.7 Å². The summed E-state index contributed by atoms with van der Waals surface area (Å²) in [5, 5.41) is 0. The molecule has 0 aliphatic heterocycles. The summed E-state index contributed by atoms with van der Waals surface area (Å²) in [4.78, 5) is 27.2. The Morgan fingerprint density at radius 1 is 0.455 bits per heavy atom. The van der Waals surface area contributed by atoms with Gasteiger partial charge >= 0.3 is 293 Å². The minimum atomic E-state index is -2.64. The zero-order chi connectivity index (χ0) is 33.3. The Balaban J connectivity index is 5.87. The predicted octanol–water partition coefficient (Wildman–Crippen LogP) is 11.7. The van der Waals surface area contributed by atoms with Crippen LogP contribution in [0.25, 0.3) is 0 Å². The van der Waals surface area contributed by atoms with Crippen LogP contribution in [-0.4, -0.2) is 52.3 Å². The molecule has 4 unspecified atom stereocenters.